The van der Waals surface area contributed by atoms with Crippen LogP contribution < -0.4 is 0 Å². The third kappa shape index (κ3) is 1.95. The summed E-state index contributed by atoms with van der Waals surface area (Å²) in [5, 5.41) is 8.57. The summed E-state index contributed by atoms with van der Waals surface area (Å²) >= 11 is 0. The number of carboxylic acids is 1. The van der Waals surface area contributed by atoms with E-state index in [2.05, 4.69) is 0 Å². The average molecular weight is 234 g/mol. The Morgan fingerprint density at radius 1 is 1.50 bits per heavy atom. The van der Waals surface area contributed by atoms with Crippen molar-refractivity contribution in [2.75, 3.05) is 20.1 Å². The molecule has 0 spiro atoms. The van der Waals surface area contributed by atoms with E-state index in [1.54, 1.807) is 0 Å². The van der Waals surface area contributed by atoms with Crippen LogP contribution in [0, 0.1) is 5.41 Å². The summed E-state index contributed by atoms with van der Waals surface area (Å²) in [6.07, 6.45) is -5.02. The molecular formula is C7H11ClF3NO2. The molecule has 1 aliphatic heterocycles. The van der Waals surface area contributed by atoms with Crippen molar-refractivity contribution in [3.05, 3.63) is 0 Å². The first-order valence-electron chi connectivity index (χ1n) is 3.78. The summed E-state index contributed by atoms with van der Waals surface area (Å²) in [6, 6.07) is 0. The molecule has 1 N–H and O–H groups in total. The van der Waals surface area contributed by atoms with E-state index in [0.717, 1.165) is 0 Å². The minimum absolute atomic E-state index is 0. The Kier molecular flexibility index (Phi) is 3.80. The van der Waals surface area contributed by atoms with E-state index in [0.29, 0.717) is 0 Å². The molecule has 0 amide bonds. The zero-order chi connectivity index (χ0) is 10.3. The molecule has 0 aliphatic carbocycles. The molecule has 14 heavy (non-hydrogen) atoms. The summed E-state index contributed by atoms with van der Waals surface area (Å²) in [7, 11) is 1.48. The normalized spacial score (nSPS) is 28.6. The van der Waals surface area contributed by atoms with Gasteiger partial charge in [0, 0.05) is 6.54 Å². The molecule has 1 heterocycles. The van der Waals surface area contributed by atoms with Gasteiger partial charge in [-0.1, -0.05) is 0 Å². The molecule has 1 fully saturated rings. The maximum Gasteiger partial charge on any atom is 0.406 e. The number of rotatable bonds is 1. The van der Waals surface area contributed by atoms with Gasteiger partial charge in [-0.3, -0.25) is 4.79 Å². The van der Waals surface area contributed by atoms with E-state index in [1.807, 2.05) is 0 Å². The van der Waals surface area contributed by atoms with Crippen LogP contribution in [0.15, 0.2) is 0 Å². The van der Waals surface area contributed by atoms with E-state index in [4.69, 9.17) is 5.11 Å². The van der Waals surface area contributed by atoms with Gasteiger partial charge in [0.1, 0.15) is 0 Å². The van der Waals surface area contributed by atoms with E-state index in [1.165, 1.54) is 11.9 Å². The van der Waals surface area contributed by atoms with Crippen LogP contribution >= 0.6 is 12.4 Å². The van der Waals surface area contributed by atoms with E-state index >= 15 is 0 Å². The highest BCUT2D eigenvalue weighted by Crippen LogP contribution is 2.45. The molecule has 0 aromatic rings. The van der Waals surface area contributed by atoms with E-state index in [9.17, 15) is 18.0 Å². The highest BCUT2D eigenvalue weighted by Gasteiger charge is 2.63. The van der Waals surface area contributed by atoms with Crippen molar-refractivity contribution in [3.63, 3.8) is 0 Å². The van der Waals surface area contributed by atoms with Crippen molar-refractivity contribution < 1.29 is 23.1 Å². The molecule has 0 aromatic heterocycles. The average Bonchev–Trinajstić information content (AvgIpc) is 2.30. The maximum absolute atomic E-state index is 12.4. The molecule has 0 radical (unpaired) electrons. The van der Waals surface area contributed by atoms with Gasteiger partial charge in [0.25, 0.3) is 0 Å². The Morgan fingerprint density at radius 2 is 2.00 bits per heavy atom. The lowest BCUT2D eigenvalue weighted by Crippen LogP contribution is -2.46. The van der Waals surface area contributed by atoms with E-state index in [-0.39, 0.29) is 25.4 Å². The Bertz CT molecular complexity index is 233. The first-order chi connectivity index (χ1) is 5.79. The predicted molar refractivity (Wildman–Crippen MR) is 45.5 cm³/mol. The molecule has 1 atom stereocenters. The largest absolute Gasteiger partial charge is 0.481 e. The number of nitrogens with zero attached hydrogens (tertiary/aromatic N) is 1. The molecule has 0 aromatic carbocycles. The second kappa shape index (κ2) is 3.94. The number of carbonyl (C=O) groups is 1. The molecule has 3 nitrogen and oxygen atoms in total. The van der Waals surface area contributed by atoms with Gasteiger partial charge >= 0.3 is 12.1 Å². The van der Waals surface area contributed by atoms with Crippen LogP contribution in [0.3, 0.4) is 0 Å². The lowest BCUT2D eigenvalue weighted by Gasteiger charge is -2.26. The summed E-state index contributed by atoms with van der Waals surface area (Å²) in [4.78, 5) is 11.9. The minimum atomic E-state index is -4.66. The van der Waals surface area contributed by atoms with E-state index < -0.39 is 24.1 Å². The second-order valence-electron chi connectivity index (χ2n) is 3.37. The van der Waals surface area contributed by atoms with Crippen molar-refractivity contribution in [1.82, 2.24) is 4.90 Å². The molecule has 1 aliphatic rings. The van der Waals surface area contributed by atoms with Gasteiger partial charge in [-0.05, 0) is 20.0 Å². The molecule has 1 unspecified atom stereocenters. The van der Waals surface area contributed by atoms with Crippen LogP contribution in [-0.2, 0) is 4.79 Å². The van der Waals surface area contributed by atoms with Gasteiger partial charge in [0.2, 0.25) is 0 Å². The number of alkyl halides is 3. The number of likely N-dealkylation sites (tertiary alicyclic amines) is 1. The third-order valence-electron chi connectivity index (χ3n) is 2.41. The Morgan fingerprint density at radius 3 is 2.14 bits per heavy atom. The SMILES string of the molecule is CN1CCC(C(=O)O)(C(F)(F)F)C1.Cl. The van der Waals surface area contributed by atoms with Crippen LogP contribution in [0.1, 0.15) is 6.42 Å². The molecule has 0 bridgehead atoms. The van der Waals surface area contributed by atoms with Gasteiger partial charge in [-0.15, -0.1) is 12.4 Å². The van der Waals surface area contributed by atoms with Gasteiger partial charge in [-0.25, -0.2) is 0 Å². The number of hydrogen-bond acceptors (Lipinski definition) is 2. The van der Waals surface area contributed by atoms with Gasteiger partial charge in [0.05, 0.1) is 0 Å². The number of aliphatic carboxylic acids is 1. The van der Waals surface area contributed by atoms with Crippen molar-refractivity contribution >= 4 is 18.4 Å². The minimum Gasteiger partial charge on any atom is -0.481 e. The fourth-order valence-corrected chi connectivity index (χ4v) is 1.53. The molecule has 84 valence electrons. The maximum atomic E-state index is 12.4. The fraction of sp³-hybridized carbons (Fsp3) is 0.857. The van der Waals surface area contributed by atoms with Gasteiger partial charge < -0.3 is 10.0 Å². The van der Waals surface area contributed by atoms with Crippen LogP contribution in [0.2, 0.25) is 0 Å². The van der Waals surface area contributed by atoms with Crippen molar-refractivity contribution in [2.24, 2.45) is 5.41 Å². The highest BCUT2D eigenvalue weighted by molar-refractivity contribution is 5.85. The van der Waals surface area contributed by atoms with Crippen LogP contribution in [0.4, 0.5) is 13.2 Å². The molecule has 1 rings (SSSR count). The summed E-state index contributed by atoms with van der Waals surface area (Å²) < 4.78 is 37.3. The smallest absolute Gasteiger partial charge is 0.406 e. The molecule has 7 heteroatoms. The third-order valence-corrected chi connectivity index (χ3v) is 2.41. The molecule has 1 saturated heterocycles. The van der Waals surface area contributed by atoms with Crippen molar-refractivity contribution in [2.45, 2.75) is 12.6 Å². The second-order valence-corrected chi connectivity index (χ2v) is 3.37. The molecular weight excluding hydrogens is 223 g/mol. The van der Waals surface area contributed by atoms with Crippen LogP contribution in [-0.4, -0.2) is 42.3 Å². The van der Waals surface area contributed by atoms with Crippen molar-refractivity contribution in [1.29, 1.82) is 0 Å². The summed E-state index contributed by atoms with van der Waals surface area (Å²) in [5.41, 5.74) is -2.55. The Balaban J connectivity index is 0.00000169. The van der Waals surface area contributed by atoms with Gasteiger partial charge in [0.15, 0.2) is 5.41 Å². The lowest BCUT2D eigenvalue weighted by atomic mass is 9.86. The first-order valence-corrected chi connectivity index (χ1v) is 3.78. The van der Waals surface area contributed by atoms with Crippen LogP contribution in [0.5, 0.6) is 0 Å². The van der Waals surface area contributed by atoms with Crippen molar-refractivity contribution in [3.8, 4) is 0 Å². The summed E-state index contributed by atoms with van der Waals surface area (Å²) in [5.74, 6) is -1.77. The first kappa shape index (κ1) is 13.5. The number of hydrogen-bond donors (Lipinski definition) is 1. The Labute approximate surface area is 85.3 Å². The van der Waals surface area contributed by atoms with Gasteiger partial charge in [-0.2, -0.15) is 13.2 Å². The highest BCUT2D eigenvalue weighted by atomic mass is 35.5. The Hall–Kier alpha value is -0.490. The zero-order valence-electron chi connectivity index (χ0n) is 7.47. The fourth-order valence-electron chi connectivity index (χ4n) is 1.53. The predicted octanol–water partition coefficient (Wildman–Crippen LogP) is 1.38. The zero-order valence-corrected chi connectivity index (χ0v) is 8.28. The molecule has 0 saturated carbocycles. The summed E-state index contributed by atoms with van der Waals surface area (Å²) in [6.45, 7) is -0.280. The topological polar surface area (TPSA) is 40.5 Å². The standard InChI is InChI=1S/C7H10F3NO2.ClH/c1-11-3-2-6(4-11,5(12)13)7(8,9)10;/h2-4H2,1H3,(H,12,13);1H. The number of halogens is 4. The van der Waals surface area contributed by atoms with Crippen LogP contribution in [0.25, 0.3) is 0 Å². The quantitative estimate of drug-likeness (QED) is 0.744. The lowest BCUT2D eigenvalue weighted by molar-refractivity contribution is -0.227. The number of carboxylic acid groups (broad SMARTS) is 1. The monoisotopic (exact) mass is 233 g/mol.